The minimum absolute atomic E-state index is 0.136. The maximum Gasteiger partial charge on any atom is 0.174 e. The van der Waals surface area contributed by atoms with Gasteiger partial charge in [-0.1, -0.05) is 6.92 Å². The van der Waals surface area contributed by atoms with Gasteiger partial charge in [0.05, 0.1) is 22.2 Å². The molecule has 19 heavy (non-hydrogen) atoms. The third-order valence-electron chi connectivity index (χ3n) is 3.34. The van der Waals surface area contributed by atoms with Crippen LogP contribution in [0.3, 0.4) is 0 Å². The first kappa shape index (κ1) is 14.3. The highest BCUT2D eigenvalue weighted by atomic mass is 32.1. The topological polar surface area (TPSA) is 64.3 Å². The first-order valence-corrected chi connectivity index (χ1v) is 7.60. The van der Waals surface area contributed by atoms with E-state index in [9.17, 15) is 4.79 Å². The summed E-state index contributed by atoms with van der Waals surface area (Å²) >= 11 is 1.50. The molecule has 1 aliphatic carbocycles. The predicted molar refractivity (Wildman–Crippen MR) is 80.3 cm³/mol. The van der Waals surface area contributed by atoms with Crippen molar-refractivity contribution in [1.29, 1.82) is 0 Å². The Labute approximate surface area is 118 Å². The normalized spacial score (nSPS) is 16.4. The van der Waals surface area contributed by atoms with E-state index in [2.05, 4.69) is 12.2 Å². The molecule has 1 unspecified atom stereocenters. The Hall–Kier alpha value is -1.07. The molecular formula is C14H22N2O2S. The van der Waals surface area contributed by atoms with Gasteiger partial charge in [-0.05, 0) is 25.7 Å². The van der Waals surface area contributed by atoms with Gasteiger partial charge < -0.3 is 15.8 Å². The Bertz CT molecular complexity index is 466. The van der Waals surface area contributed by atoms with E-state index in [0.717, 1.165) is 15.4 Å². The van der Waals surface area contributed by atoms with Crippen LogP contribution in [0.2, 0.25) is 0 Å². The number of nitrogens with two attached hydrogens (primary N) is 1. The molecule has 1 saturated carbocycles. The fourth-order valence-electron chi connectivity index (χ4n) is 2.22. The Morgan fingerprint density at radius 3 is 2.79 bits per heavy atom. The molecular weight excluding hydrogens is 260 g/mol. The van der Waals surface area contributed by atoms with Gasteiger partial charge in [0.2, 0.25) is 0 Å². The van der Waals surface area contributed by atoms with Crippen molar-refractivity contribution in [2.45, 2.75) is 45.1 Å². The maximum atomic E-state index is 11.9. The van der Waals surface area contributed by atoms with Gasteiger partial charge in [-0.2, -0.15) is 0 Å². The first-order chi connectivity index (χ1) is 9.08. The highest BCUT2D eigenvalue weighted by Crippen LogP contribution is 2.51. The summed E-state index contributed by atoms with van der Waals surface area (Å²) in [7, 11) is 1.69. The van der Waals surface area contributed by atoms with Crippen LogP contribution >= 0.6 is 11.3 Å². The van der Waals surface area contributed by atoms with E-state index in [1.807, 2.05) is 6.92 Å². The smallest absolute Gasteiger partial charge is 0.174 e. The van der Waals surface area contributed by atoms with Gasteiger partial charge in [-0.15, -0.1) is 11.3 Å². The van der Waals surface area contributed by atoms with Gasteiger partial charge in [0, 0.05) is 25.1 Å². The SMILES string of the molecule is CCC(=O)c1sc(NC(C)COC)c(C2CC2)c1N. The van der Waals surface area contributed by atoms with Gasteiger partial charge in [-0.25, -0.2) is 0 Å². The van der Waals surface area contributed by atoms with Gasteiger partial charge in [0.25, 0.3) is 0 Å². The summed E-state index contributed by atoms with van der Waals surface area (Å²) < 4.78 is 5.14. The molecule has 1 aromatic rings. The van der Waals surface area contributed by atoms with Gasteiger partial charge in [0.1, 0.15) is 0 Å². The molecule has 0 bridgehead atoms. The number of nitrogen functional groups attached to an aromatic ring is 1. The first-order valence-electron chi connectivity index (χ1n) is 6.79. The zero-order chi connectivity index (χ0) is 14.0. The number of nitrogens with one attached hydrogen (secondary N) is 1. The van der Waals surface area contributed by atoms with Crippen LogP contribution in [-0.4, -0.2) is 25.5 Å². The Morgan fingerprint density at radius 1 is 1.58 bits per heavy atom. The van der Waals surface area contributed by atoms with Crippen molar-refractivity contribution in [2.75, 3.05) is 24.8 Å². The van der Waals surface area contributed by atoms with Crippen molar-refractivity contribution >= 4 is 27.8 Å². The van der Waals surface area contributed by atoms with Crippen LogP contribution in [0.4, 0.5) is 10.7 Å². The number of Topliss-reactive ketones (excluding diaryl/α,β-unsaturated/α-hetero) is 1. The number of hydrogen-bond donors (Lipinski definition) is 2. The highest BCUT2D eigenvalue weighted by molar-refractivity contribution is 7.18. The molecule has 1 fully saturated rings. The van der Waals surface area contributed by atoms with Crippen molar-refractivity contribution < 1.29 is 9.53 Å². The molecule has 5 heteroatoms. The summed E-state index contributed by atoms with van der Waals surface area (Å²) in [6.45, 7) is 4.58. The van der Waals surface area contributed by atoms with Crippen LogP contribution < -0.4 is 11.1 Å². The number of ketones is 1. The minimum Gasteiger partial charge on any atom is -0.397 e. The summed E-state index contributed by atoms with van der Waals surface area (Å²) in [6.07, 6.45) is 2.85. The zero-order valence-electron chi connectivity index (χ0n) is 11.8. The Kier molecular flexibility index (Phi) is 4.47. The van der Waals surface area contributed by atoms with E-state index in [4.69, 9.17) is 10.5 Å². The van der Waals surface area contributed by atoms with E-state index < -0.39 is 0 Å². The number of anilines is 2. The molecule has 106 valence electrons. The van der Waals surface area contributed by atoms with Crippen LogP contribution in [0.15, 0.2) is 0 Å². The predicted octanol–water partition coefficient (Wildman–Crippen LogP) is 3.25. The zero-order valence-corrected chi connectivity index (χ0v) is 12.6. The van der Waals surface area contributed by atoms with Crippen molar-refractivity contribution in [2.24, 2.45) is 0 Å². The number of carbonyl (C=O) groups excluding carboxylic acids is 1. The van der Waals surface area contributed by atoms with Gasteiger partial charge in [0.15, 0.2) is 5.78 Å². The summed E-state index contributed by atoms with van der Waals surface area (Å²) in [6, 6.07) is 0.213. The molecule has 0 radical (unpaired) electrons. The maximum absolute atomic E-state index is 11.9. The second-order valence-electron chi connectivity index (χ2n) is 5.14. The van der Waals surface area contributed by atoms with Gasteiger partial charge >= 0.3 is 0 Å². The van der Waals surface area contributed by atoms with Crippen LogP contribution in [0.25, 0.3) is 0 Å². The number of thiophene rings is 1. The molecule has 4 nitrogen and oxygen atoms in total. The van der Waals surface area contributed by atoms with Crippen LogP contribution in [-0.2, 0) is 4.74 Å². The van der Waals surface area contributed by atoms with E-state index in [1.54, 1.807) is 7.11 Å². The van der Waals surface area contributed by atoms with E-state index >= 15 is 0 Å². The van der Waals surface area contributed by atoms with Crippen molar-refractivity contribution in [3.8, 4) is 0 Å². The van der Waals surface area contributed by atoms with Crippen LogP contribution in [0.5, 0.6) is 0 Å². The van der Waals surface area contributed by atoms with E-state index in [-0.39, 0.29) is 11.8 Å². The molecule has 1 heterocycles. The minimum atomic E-state index is 0.136. The van der Waals surface area contributed by atoms with Crippen LogP contribution in [0.1, 0.15) is 54.3 Å². The molecule has 0 spiro atoms. The number of carbonyl (C=O) groups is 1. The Balaban J connectivity index is 2.28. The molecule has 0 aliphatic heterocycles. The monoisotopic (exact) mass is 282 g/mol. The highest BCUT2D eigenvalue weighted by Gasteiger charge is 2.32. The average molecular weight is 282 g/mol. The van der Waals surface area contributed by atoms with Gasteiger partial charge in [-0.3, -0.25) is 4.79 Å². The molecule has 0 amide bonds. The lowest BCUT2D eigenvalue weighted by Crippen LogP contribution is -2.20. The quantitative estimate of drug-likeness (QED) is 0.753. The molecule has 3 N–H and O–H groups in total. The molecule has 0 saturated heterocycles. The van der Waals surface area contributed by atoms with E-state index in [1.165, 1.54) is 24.2 Å². The van der Waals surface area contributed by atoms with Crippen molar-refractivity contribution in [1.82, 2.24) is 0 Å². The van der Waals surface area contributed by atoms with Crippen molar-refractivity contribution in [3.05, 3.63) is 10.4 Å². The lowest BCUT2D eigenvalue weighted by atomic mass is 10.1. The number of hydrogen-bond acceptors (Lipinski definition) is 5. The lowest BCUT2D eigenvalue weighted by molar-refractivity contribution is 0.0993. The second-order valence-corrected chi connectivity index (χ2v) is 6.16. The van der Waals surface area contributed by atoms with Crippen molar-refractivity contribution in [3.63, 3.8) is 0 Å². The number of methoxy groups -OCH3 is 1. The fourth-order valence-corrected chi connectivity index (χ4v) is 3.55. The molecule has 1 aromatic heterocycles. The molecule has 2 rings (SSSR count). The molecule has 1 atom stereocenters. The Morgan fingerprint density at radius 2 is 2.26 bits per heavy atom. The third-order valence-corrected chi connectivity index (χ3v) is 4.53. The molecule has 1 aliphatic rings. The largest absolute Gasteiger partial charge is 0.397 e. The number of ether oxygens (including phenoxy) is 1. The molecule has 0 aromatic carbocycles. The third kappa shape index (κ3) is 3.09. The second kappa shape index (κ2) is 5.92. The summed E-state index contributed by atoms with van der Waals surface area (Å²) in [5.74, 6) is 0.670. The summed E-state index contributed by atoms with van der Waals surface area (Å²) in [4.78, 5) is 12.7. The average Bonchev–Trinajstić information content (AvgIpc) is 3.15. The van der Waals surface area contributed by atoms with Crippen LogP contribution in [0, 0.1) is 0 Å². The summed E-state index contributed by atoms with van der Waals surface area (Å²) in [5, 5.41) is 4.49. The van der Waals surface area contributed by atoms with E-state index in [0.29, 0.717) is 24.6 Å². The lowest BCUT2D eigenvalue weighted by Gasteiger charge is -2.14. The fraction of sp³-hybridized carbons (Fsp3) is 0.643. The number of rotatable bonds is 7. The standard InChI is InChI=1S/C14H22N2O2S/c1-4-10(17)13-12(15)11(9-5-6-9)14(19-13)16-8(2)7-18-3/h8-9,16H,4-7,15H2,1-3H3. The summed E-state index contributed by atoms with van der Waals surface area (Å²) in [5.41, 5.74) is 8.05.